The molecule has 0 aromatic carbocycles. The highest BCUT2D eigenvalue weighted by Gasteiger charge is 2.06. The van der Waals surface area contributed by atoms with E-state index in [0.29, 0.717) is 11.9 Å². The second-order valence-corrected chi connectivity index (χ2v) is 3.28. The van der Waals surface area contributed by atoms with Crippen molar-refractivity contribution in [3.8, 4) is 0 Å². The van der Waals surface area contributed by atoms with E-state index in [4.69, 9.17) is 5.73 Å². The summed E-state index contributed by atoms with van der Waals surface area (Å²) in [5.41, 5.74) is 6.59. The number of allylic oxidation sites excluding steroid dienone is 1. The minimum Gasteiger partial charge on any atom is -0.383 e. The van der Waals surface area contributed by atoms with E-state index in [-0.39, 0.29) is 0 Å². The molecule has 0 saturated heterocycles. The number of aromatic nitrogens is 2. The molecule has 2 N–H and O–H groups in total. The Bertz CT molecular complexity index is 347. The largest absolute Gasteiger partial charge is 0.383 e. The van der Waals surface area contributed by atoms with Crippen molar-refractivity contribution < 1.29 is 0 Å². The predicted molar refractivity (Wildman–Crippen MR) is 59.4 cm³/mol. The average Bonchev–Trinajstić information content (AvgIpc) is 2.48. The van der Waals surface area contributed by atoms with Crippen LogP contribution in [0, 0.1) is 0 Å². The van der Waals surface area contributed by atoms with Crippen LogP contribution in [0.4, 0.5) is 5.82 Å². The third-order valence-electron chi connectivity index (χ3n) is 1.85. The summed E-state index contributed by atoms with van der Waals surface area (Å²) in [5, 5.41) is 0. The third-order valence-corrected chi connectivity index (χ3v) is 1.85. The van der Waals surface area contributed by atoms with Gasteiger partial charge in [0.05, 0.1) is 12.5 Å². The fourth-order valence-electron chi connectivity index (χ4n) is 1.10. The lowest BCUT2D eigenvalue weighted by molar-refractivity contribution is 0.607. The maximum absolute atomic E-state index is 5.87. The van der Waals surface area contributed by atoms with Gasteiger partial charge in [-0.05, 0) is 20.8 Å². The second-order valence-electron chi connectivity index (χ2n) is 3.28. The number of nitrogens with zero attached hydrogens (tertiary/aromatic N) is 3. The maximum Gasteiger partial charge on any atom is 0.132 e. The Morgan fingerprint density at radius 3 is 2.79 bits per heavy atom. The minimum atomic E-state index is 0.325. The van der Waals surface area contributed by atoms with E-state index in [9.17, 15) is 0 Å². The Kier molecular flexibility index (Phi) is 3.45. The van der Waals surface area contributed by atoms with Crippen molar-refractivity contribution in [3.05, 3.63) is 24.3 Å². The third kappa shape index (κ3) is 2.22. The highest BCUT2D eigenvalue weighted by molar-refractivity contribution is 5.83. The topological polar surface area (TPSA) is 56.2 Å². The van der Waals surface area contributed by atoms with Gasteiger partial charge >= 0.3 is 0 Å². The lowest BCUT2D eigenvalue weighted by Gasteiger charge is -2.07. The maximum atomic E-state index is 5.87. The quantitative estimate of drug-likeness (QED) is 0.745. The molecule has 0 fully saturated rings. The molecule has 4 nitrogen and oxygen atoms in total. The van der Waals surface area contributed by atoms with Gasteiger partial charge in [0.15, 0.2) is 0 Å². The van der Waals surface area contributed by atoms with Crippen LogP contribution in [-0.4, -0.2) is 15.8 Å². The van der Waals surface area contributed by atoms with Crippen molar-refractivity contribution >= 4 is 12.0 Å². The Hall–Kier alpha value is -1.58. The second kappa shape index (κ2) is 4.60. The molecule has 1 aromatic rings. The summed E-state index contributed by atoms with van der Waals surface area (Å²) >= 11 is 0. The number of imidazole rings is 1. The fraction of sp³-hybridized carbons (Fsp3) is 0.400. The van der Waals surface area contributed by atoms with E-state index in [0.717, 1.165) is 5.69 Å². The van der Waals surface area contributed by atoms with Gasteiger partial charge in [-0.25, -0.2) is 4.98 Å². The van der Waals surface area contributed by atoms with Crippen LogP contribution in [0.3, 0.4) is 0 Å². The van der Waals surface area contributed by atoms with E-state index in [2.05, 4.69) is 23.8 Å². The normalized spacial score (nSPS) is 12.3. The van der Waals surface area contributed by atoms with Gasteiger partial charge < -0.3 is 10.3 Å². The number of hydrogen-bond acceptors (Lipinski definition) is 3. The van der Waals surface area contributed by atoms with E-state index in [1.807, 2.05) is 17.6 Å². The fourth-order valence-corrected chi connectivity index (χ4v) is 1.10. The molecule has 0 amide bonds. The van der Waals surface area contributed by atoms with Crippen LogP contribution >= 0.6 is 0 Å². The lowest BCUT2D eigenvalue weighted by Crippen LogP contribution is -2.04. The predicted octanol–water partition coefficient (Wildman–Crippen LogP) is 2.00. The summed E-state index contributed by atoms with van der Waals surface area (Å²) in [6.45, 7) is 6.03. The van der Waals surface area contributed by atoms with Crippen LogP contribution in [0.25, 0.3) is 0 Å². The number of hydrogen-bond donors (Lipinski definition) is 1. The molecule has 76 valence electrons. The van der Waals surface area contributed by atoms with Crippen LogP contribution in [0.15, 0.2) is 23.6 Å². The molecule has 0 aliphatic heterocycles. The molecule has 4 heteroatoms. The number of rotatable bonds is 3. The molecular weight excluding hydrogens is 176 g/mol. The highest BCUT2D eigenvalue weighted by Crippen LogP contribution is 2.13. The minimum absolute atomic E-state index is 0.325. The smallest absolute Gasteiger partial charge is 0.132 e. The van der Waals surface area contributed by atoms with Crippen LogP contribution in [0.5, 0.6) is 0 Å². The molecule has 1 heterocycles. The van der Waals surface area contributed by atoms with Crippen molar-refractivity contribution in [2.24, 2.45) is 4.99 Å². The molecule has 14 heavy (non-hydrogen) atoms. The van der Waals surface area contributed by atoms with Gasteiger partial charge in [0.1, 0.15) is 11.5 Å². The van der Waals surface area contributed by atoms with Crippen LogP contribution in [0.1, 0.15) is 32.5 Å². The molecule has 0 aliphatic carbocycles. The number of aliphatic imine (C=N–C) groups is 1. The molecule has 0 atom stereocenters. The molecule has 0 aliphatic rings. The first kappa shape index (κ1) is 10.5. The Balaban J connectivity index is 2.90. The van der Waals surface area contributed by atoms with E-state index in [1.54, 1.807) is 18.7 Å². The number of nitrogens with two attached hydrogens (primary N) is 1. The van der Waals surface area contributed by atoms with Crippen LogP contribution in [-0.2, 0) is 0 Å². The van der Waals surface area contributed by atoms with Gasteiger partial charge in [0, 0.05) is 12.2 Å². The molecule has 0 radical (unpaired) electrons. The summed E-state index contributed by atoms with van der Waals surface area (Å²) < 4.78 is 1.91. The van der Waals surface area contributed by atoms with Crippen molar-refractivity contribution in [1.82, 2.24) is 9.55 Å². The Morgan fingerprint density at radius 2 is 2.29 bits per heavy atom. The molecule has 1 rings (SSSR count). The first-order valence-corrected chi connectivity index (χ1v) is 4.63. The summed E-state index contributed by atoms with van der Waals surface area (Å²) in [7, 11) is 0. The van der Waals surface area contributed by atoms with Crippen molar-refractivity contribution in [2.45, 2.75) is 26.8 Å². The Labute approximate surface area is 84.2 Å². The van der Waals surface area contributed by atoms with E-state index >= 15 is 0 Å². The highest BCUT2D eigenvalue weighted by atomic mass is 15.1. The zero-order chi connectivity index (χ0) is 10.6. The van der Waals surface area contributed by atoms with Gasteiger partial charge in [-0.15, -0.1) is 0 Å². The van der Waals surface area contributed by atoms with Crippen molar-refractivity contribution in [1.29, 1.82) is 0 Å². The summed E-state index contributed by atoms with van der Waals surface area (Å²) in [6, 6.07) is 0.325. The molecule has 0 bridgehead atoms. The van der Waals surface area contributed by atoms with Gasteiger partial charge in [-0.3, -0.25) is 4.99 Å². The molecule has 0 saturated carbocycles. The summed E-state index contributed by atoms with van der Waals surface area (Å²) in [4.78, 5) is 8.20. The van der Waals surface area contributed by atoms with Gasteiger partial charge in [0.2, 0.25) is 0 Å². The SMILES string of the molecule is C/C=C\N=Cc1ncn(C(C)C)c1N. The Morgan fingerprint density at radius 1 is 1.57 bits per heavy atom. The lowest BCUT2D eigenvalue weighted by atomic mass is 10.4. The first-order chi connectivity index (χ1) is 6.66. The number of anilines is 1. The van der Waals surface area contributed by atoms with Crippen LogP contribution in [0.2, 0.25) is 0 Å². The van der Waals surface area contributed by atoms with E-state index in [1.165, 1.54) is 0 Å². The zero-order valence-electron chi connectivity index (χ0n) is 8.81. The molecule has 1 aromatic heterocycles. The van der Waals surface area contributed by atoms with Gasteiger partial charge in [0.25, 0.3) is 0 Å². The van der Waals surface area contributed by atoms with Crippen molar-refractivity contribution in [2.75, 3.05) is 5.73 Å². The molecular formula is C10H16N4. The summed E-state index contributed by atoms with van der Waals surface area (Å²) in [5.74, 6) is 0.660. The number of nitrogen functional groups attached to an aromatic ring is 1. The van der Waals surface area contributed by atoms with Crippen molar-refractivity contribution in [3.63, 3.8) is 0 Å². The monoisotopic (exact) mass is 192 g/mol. The molecule has 0 unspecified atom stereocenters. The van der Waals surface area contributed by atoms with Gasteiger partial charge in [-0.1, -0.05) is 6.08 Å². The standard InChI is InChI=1S/C10H16N4/c1-4-5-12-6-9-10(11)14(7-13-9)8(2)3/h4-8H,11H2,1-3H3/b5-4-,12-6?. The zero-order valence-corrected chi connectivity index (χ0v) is 8.81. The van der Waals surface area contributed by atoms with Crippen LogP contribution < -0.4 is 5.73 Å². The first-order valence-electron chi connectivity index (χ1n) is 4.63. The average molecular weight is 192 g/mol. The van der Waals surface area contributed by atoms with E-state index < -0.39 is 0 Å². The molecule has 0 spiro atoms. The summed E-state index contributed by atoms with van der Waals surface area (Å²) in [6.07, 6.45) is 6.95. The van der Waals surface area contributed by atoms with Gasteiger partial charge in [-0.2, -0.15) is 0 Å².